The fourth-order valence-electron chi connectivity index (χ4n) is 3.81. The van der Waals surface area contributed by atoms with Crippen molar-refractivity contribution in [3.8, 4) is 0 Å². The number of carbonyl (C=O) groups is 2. The zero-order chi connectivity index (χ0) is 24.4. The number of ether oxygens (including phenoxy) is 1. The van der Waals surface area contributed by atoms with Gasteiger partial charge in [0.05, 0.1) is 11.2 Å². The number of nitrogens with zero attached hydrogens (tertiary/aromatic N) is 2. The van der Waals surface area contributed by atoms with Crippen molar-refractivity contribution in [2.45, 2.75) is 83.6 Å². The maximum absolute atomic E-state index is 12.7. The Balaban J connectivity index is 1.51. The Labute approximate surface area is 210 Å². The molecule has 2 amide bonds. The van der Waals surface area contributed by atoms with Crippen LogP contribution in [0.4, 0.5) is 4.79 Å². The van der Waals surface area contributed by atoms with E-state index in [0.717, 1.165) is 22.7 Å². The molecule has 0 bridgehead atoms. The summed E-state index contributed by atoms with van der Waals surface area (Å²) in [5.74, 6) is -0.266. The Morgan fingerprint density at radius 2 is 1.94 bits per heavy atom. The number of alkyl halides is 1. The molecule has 0 radical (unpaired) electrons. The van der Waals surface area contributed by atoms with Crippen LogP contribution >= 0.6 is 22.6 Å². The second-order valence-corrected chi connectivity index (χ2v) is 11.5. The molecule has 2 aliphatic heterocycles. The number of aromatic nitrogens is 1. The minimum Gasteiger partial charge on any atom is -0.443 e. The lowest BCUT2D eigenvalue weighted by molar-refractivity contribution is 0.00578. The van der Waals surface area contributed by atoms with Gasteiger partial charge in [-0.3, -0.25) is 9.78 Å². The molecule has 1 N–H and O–H groups in total. The van der Waals surface area contributed by atoms with E-state index in [-0.39, 0.29) is 18.0 Å². The highest BCUT2D eigenvalue weighted by molar-refractivity contribution is 14.1. The van der Waals surface area contributed by atoms with Gasteiger partial charge in [-0.15, -0.1) is 0 Å². The highest BCUT2D eigenvalue weighted by atomic mass is 127. The number of pyridine rings is 1. The van der Waals surface area contributed by atoms with E-state index in [1.165, 1.54) is 0 Å². The third kappa shape index (κ3) is 6.39. The Hall–Kier alpha value is -1.40. The van der Waals surface area contributed by atoms with E-state index >= 15 is 0 Å². The average molecular weight is 571 g/mol. The van der Waals surface area contributed by atoms with Gasteiger partial charge < -0.3 is 24.3 Å². The molecule has 1 aromatic heterocycles. The van der Waals surface area contributed by atoms with Crippen molar-refractivity contribution in [2.24, 2.45) is 0 Å². The van der Waals surface area contributed by atoms with Gasteiger partial charge >= 0.3 is 13.2 Å². The van der Waals surface area contributed by atoms with E-state index in [0.29, 0.717) is 25.2 Å². The predicted octanol–water partition coefficient (Wildman–Crippen LogP) is 3.32. The minimum absolute atomic E-state index is 0.132. The zero-order valence-electron chi connectivity index (χ0n) is 20.4. The second-order valence-electron chi connectivity index (χ2n) is 10.4. The summed E-state index contributed by atoms with van der Waals surface area (Å²) in [5.41, 5.74) is -0.282. The van der Waals surface area contributed by atoms with Crippen molar-refractivity contribution in [3.63, 3.8) is 0 Å². The van der Waals surface area contributed by atoms with Crippen LogP contribution in [0.3, 0.4) is 0 Å². The standard InChI is InChI=1S/C23H35BIN3O5/c1-21(2,11-7-12-25)31-20(30)28-13-10-17(15-28)27-19(29)18-9-8-16(14-26-18)24-32-22(3,4)23(5,6)33-24/h8-9,14,17H,7,10-13,15H2,1-6H3,(H,27,29)/t17-/m1/s1. The average Bonchev–Trinajstić information content (AvgIpc) is 3.28. The summed E-state index contributed by atoms with van der Waals surface area (Å²) in [6, 6.07) is 3.35. The molecule has 2 saturated heterocycles. The van der Waals surface area contributed by atoms with Crippen molar-refractivity contribution in [1.82, 2.24) is 15.2 Å². The topological polar surface area (TPSA) is 90.0 Å². The Kier molecular flexibility index (Phi) is 8.00. The summed E-state index contributed by atoms with van der Waals surface area (Å²) in [6.45, 7) is 12.8. The van der Waals surface area contributed by atoms with Crippen LogP contribution in [0.15, 0.2) is 18.3 Å². The molecular weight excluding hydrogens is 536 g/mol. The molecule has 33 heavy (non-hydrogen) atoms. The molecule has 2 aliphatic rings. The molecule has 2 fully saturated rings. The number of nitrogens with one attached hydrogen (secondary N) is 1. The van der Waals surface area contributed by atoms with Crippen molar-refractivity contribution in [2.75, 3.05) is 17.5 Å². The summed E-state index contributed by atoms with van der Waals surface area (Å²) in [4.78, 5) is 31.2. The van der Waals surface area contributed by atoms with Crippen molar-refractivity contribution in [3.05, 3.63) is 24.0 Å². The molecule has 10 heteroatoms. The molecule has 3 heterocycles. The first-order valence-corrected chi connectivity index (χ1v) is 13.0. The van der Waals surface area contributed by atoms with Crippen LogP contribution in [0, 0.1) is 0 Å². The maximum Gasteiger partial charge on any atom is 0.496 e. The lowest BCUT2D eigenvalue weighted by Gasteiger charge is -2.32. The van der Waals surface area contributed by atoms with Crippen LogP contribution in [-0.4, -0.2) is 69.4 Å². The van der Waals surface area contributed by atoms with Gasteiger partial charge in [0, 0.05) is 30.8 Å². The highest BCUT2D eigenvalue weighted by Crippen LogP contribution is 2.36. The molecule has 182 valence electrons. The van der Waals surface area contributed by atoms with E-state index in [9.17, 15) is 9.59 Å². The monoisotopic (exact) mass is 571 g/mol. The number of likely N-dealkylation sites (tertiary alicyclic amines) is 1. The van der Waals surface area contributed by atoms with Gasteiger partial charge in [-0.25, -0.2) is 4.79 Å². The van der Waals surface area contributed by atoms with Crippen molar-refractivity contribution < 1.29 is 23.6 Å². The summed E-state index contributed by atoms with van der Waals surface area (Å²) in [7, 11) is -0.518. The lowest BCUT2D eigenvalue weighted by Crippen LogP contribution is -2.41. The summed E-state index contributed by atoms with van der Waals surface area (Å²) >= 11 is 2.32. The van der Waals surface area contributed by atoms with Gasteiger partial charge in [0.25, 0.3) is 5.91 Å². The third-order valence-corrected chi connectivity index (χ3v) is 7.36. The second kappa shape index (κ2) is 10.1. The molecular formula is C23H35BIN3O5. The Morgan fingerprint density at radius 3 is 2.52 bits per heavy atom. The van der Waals surface area contributed by atoms with E-state index in [1.54, 1.807) is 23.2 Å². The van der Waals surface area contributed by atoms with E-state index < -0.39 is 23.9 Å². The molecule has 0 unspecified atom stereocenters. The number of hydrogen-bond acceptors (Lipinski definition) is 6. The molecule has 1 aromatic rings. The van der Waals surface area contributed by atoms with Crippen LogP contribution in [-0.2, 0) is 14.0 Å². The minimum atomic E-state index is -0.518. The Bertz CT molecular complexity index is 846. The molecule has 0 aromatic carbocycles. The first-order chi connectivity index (χ1) is 15.3. The van der Waals surface area contributed by atoms with Crippen LogP contribution in [0.1, 0.15) is 71.3 Å². The first kappa shape index (κ1) is 26.2. The maximum atomic E-state index is 12.7. The predicted molar refractivity (Wildman–Crippen MR) is 136 cm³/mol. The number of carbonyl (C=O) groups excluding carboxylic acids is 2. The van der Waals surface area contributed by atoms with E-state index in [1.807, 2.05) is 41.5 Å². The fourth-order valence-corrected chi connectivity index (χ4v) is 4.19. The largest absolute Gasteiger partial charge is 0.496 e. The summed E-state index contributed by atoms with van der Waals surface area (Å²) in [5, 5.41) is 2.98. The number of hydrogen-bond donors (Lipinski definition) is 1. The van der Waals surface area contributed by atoms with Gasteiger partial charge in [-0.2, -0.15) is 0 Å². The summed E-state index contributed by atoms with van der Waals surface area (Å²) in [6.07, 6.45) is 3.80. The number of amides is 2. The number of rotatable bonds is 7. The van der Waals surface area contributed by atoms with Crippen LogP contribution in [0.5, 0.6) is 0 Å². The zero-order valence-corrected chi connectivity index (χ0v) is 22.6. The van der Waals surface area contributed by atoms with Gasteiger partial charge in [-0.05, 0) is 71.3 Å². The van der Waals surface area contributed by atoms with Crippen molar-refractivity contribution in [1.29, 1.82) is 0 Å². The quantitative estimate of drug-likeness (QED) is 0.307. The van der Waals surface area contributed by atoms with Gasteiger partial charge in [0.1, 0.15) is 11.3 Å². The smallest absolute Gasteiger partial charge is 0.443 e. The molecule has 0 spiro atoms. The van der Waals surface area contributed by atoms with Crippen molar-refractivity contribution >= 4 is 47.2 Å². The van der Waals surface area contributed by atoms with Gasteiger partial charge in [-0.1, -0.05) is 28.7 Å². The molecule has 1 atom stereocenters. The van der Waals surface area contributed by atoms with Crippen LogP contribution in [0.25, 0.3) is 0 Å². The van der Waals surface area contributed by atoms with E-state index in [4.69, 9.17) is 14.0 Å². The van der Waals surface area contributed by atoms with Gasteiger partial charge in [0.2, 0.25) is 0 Å². The lowest BCUT2D eigenvalue weighted by atomic mass is 9.80. The molecule has 0 aliphatic carbocycles. The number of halogens is 1. The first-order valence-electron chi connectivity index (χ1n) is 11.5. The van der Waals surface area contributed by atoms with Crippen LogP contribution < -0.4 is 10.8 Å². The van der Waals surface area contributed by atoms with Crippen LogP contribution in [0.2, 0.25) is 0 Å². The third-order valence-electron chi connectivity index (χ3n) is 6.60. The van der Waals surface area contributed by atoms with Gasteiger partial charge in [0.15, 0.2) is 0 Å². The normalized spacial score (nSPS) is 21.8. The summed E-state index contributed by atoms with van der Waals surface area (Å²) < 4.78 is 18.8. The fraction of sp³-hybridized carbons (Fsp3) is 0.696. The molecule has 8 nitrogen and oxygen atoms in total. The molecule has 0 saturated carbocycles. The van der Waals surface area contributed by atoms with E-state index in [2.05, 4.69) is 32.9 Å². The SMILES string of the molecule is CC(C)(CCCI)OC(=O)N1CC[C@@H](NC(=O)c2ccc(B3OC(C)(C)C(C)(C)O3)cn2)C1. The molecule has 3 rings (SSSR count). The highest BCUT2D eigenvalue weighted by Gasteiger charge is 2.51. The Morgan fingerprint density at radius 1 is 1.27 bits per heavy atom.